The van der Waals surface area contributed by atoms with Crippen LogP contribution in [0.5, 0.6) is 0 Å². The quantitative estimate of drug-likeness (QED) is 0.699. The Morgan fingerprint density at radius 2 is 1.46 bits per heavy atom. The summed E-state index contributed by atoms with van der Waals surface area (Å²) in [6, 6.07) is 15.9. The van der Waals surface area contributed by atoms with Gasteiger partial charge in [0.2, 0.25) is 0 Å². The van der Waals surface area contributed by atoms with Crippen molar-refractivity contribution in [2.45, 2.75) is 32.6 Å². The summed E-state index contributed by atoms with van der Waals surface area (Å²) < 4.78 is 13.4. The van der Waals surface area contributed by atoms with E-state index in [-0.39, 0.29) is 5.82 Å². The molecule has 152 valence electrons. The Kier molecular flexibility index (Phi) is 8.01. The Morgan fingerprint density at radius 3 is 2.07 bits per heavy atom. The number of hydrogen-bond donors (Lipinski definition) is 1. The Morgan fingerprint density at radius 1 is 0.893 bits per heavy atom. The van der Waals surface area contributed by atoms with E-state index in [9.17, 15) is 4.39 Å². The van der Waals surface area contributed by atoms with Crippen LogP contribution in [0.1, 0.15) is 42.4 Å². The van der Waals surface area contributed by atoms with Crippen LogP contribution in [-0.2, 0) is 0 Å². The van der Waals surface area contributed by atoms with Gasteiger partial charge in [0.25, 0.3) is 0 Å². The van der Waals surface area contributed by atoms with Gasteiger partial charge in [-0.15, -0.1) is 0 Å². The SMILES string of the molecule is CCNCN1CCN(CCCC(c2ccc(C)cc2)c2ccc(F)cc2)CC1. The van der Waals surface area contributed by atoms with Crippen LogP contribution in [0.3, 0.4) is 0 Å². The molecule has 1 N–H and O–H groups in total. The van der Waals surface area contributed by atoms with Gasteiger partial charge in [0.1, 0.15) is 5.82 Å². The molecule has 0 bridgehead atoms. The molecule has 0 spiro atoms. The predicted octanol–water partition coefficient (Wildman–Crippen LogP) is 4.23. The molecule has 0 radical (unpaired) electrons. The topological polar surface area (TPSA) is 18.5 Å². The highest BCUT2D eigenvalue weighted by Gasteiger charge is 2.18. The number of benzene rings is 2. The van der Waals surface area contributed by atoms with Gasteiger partial charge in [-0.05, 0) is 56.1 Å². The van der Waals surface area contributed by atoms with Crippen molar-refractivity contribution < 1.29 is 4.39 Å². The lowest BCUT2D eigenvalue weighted by Gasteiger charge is -2.35. The maximum atomic E-state index is 13.4. The zero-order valence-corrected chi connectivity index (χ0v) is 17.3. The minimum atomic E-state index is -0.165. The van der Waals surface area contributed by atoms with Crippen molar-refractivity contribution in [3.05, 3.63) is 71.0 Å². The molecule has 3 nitrogen and oxygen atoms in total. The van der Waals surface area contributed by atoms with Gasteiger partial charge in [-0.3, -0.25) is 4.90 Å². The molecule has 1 unspecified atom stereocenters. The molecule has 1 fully saturated rings. The van der Waals surface area contributed by atoms with Crippen LogP contribution in [-0.4, -0.2) is 55.7 Å². The normalized spacial score (nSPS) is 17.0. The summed E-state index contributed by atoms with van der Waals surface area (Å²) in [5.41, 5.74) is 3.81. The number of rotatable bonds is 9. The first-order chi connectivity index (χ1) is 13.7. The second-order valence-corrected chi connectivity index (χ2v) is 7.88. The van der Waals surface area contributed by atoms with Gasteiger partial charge in [-0.1, -0.05) is 48.9 Å². The van der Waals surface area contributed by atoms with Crippen molar-refractivity contribution >= 4 is 0 Å². The molecule has 28 heavy (non-hydrogen) atoms. The van der Waals surface area contributed by atoms with E-state index in [0.717, 1.165) is 58.8 Å². The van der Waals surface area contributed by atoms with Crippen LogP contribution < -0.4 is 5.32 Å². The average Bonchev–Trinajstić information content (AvgIpc) is 2.72. The van der Waals surface area contributed by atoms with Crippen LogP contribution in [0.15, 0.2) is 48.5 Å². The molecule has 1 atom stereocenters. The summed E-state index contributed by atoms with van der Waals surface area (Å²) in [6.07, 6.45) is 2.25. The van der Waals surface area contributed by atoms with E-state index in [1.54, 1.807) is 12.1 Å². The summed E-state index contributed by atoms with van der Waals surface area (Å²) in [7, 11) is 0. The van der Waals surface area contributed by atoms with E-state index in [1.807, 2.05) is 12.1 Å². The Balaban J connectivity index is 1.55. The standard InChI is InChI=1S/C24H34FN3/c1-3-26-19-28-17-15-27(16-18-28)14-4-5-24(21-8-6-20(2)7-9-21)22-10-12-23(25)13-11-22/h6-13,24,26H,3-5,14-19H2,1-2H3. The average molecular weight is 384 g/mol. The maximum absolute atomic E-state index is 13.4. The van der Waals surface area contributed by atoms with Crippen LogP contribution >= 0.6 is 0 Å². The molecule has 0 amide bonds. The highest BCUT2D eigenvalue weighted by Crippen LogP contribution is 2.30. The largest absolute Gasteiger partial charge is 0.305 e. The van der Waals surface area contributed by atoms with Gasteiger partial charge in [-0.2, -0.15) is 0 Å². The molecular formula is C24H34FN3. The van der Waals surface area contributed by atoms with E-state index < -0.39 is 0 Å². The number of nitrogens with zero attached hydrogens (tertiary/aromatic N) is 2. The number of halogens is 1. The molecule has 1 heterocycles. The van der Waals surface area contributed by atoms with Gasteiger partial charge >= 0.3 is 0 Å². The summed E-state index contributed by atoms with van der Waals surface area (Å²) in [6.45, 7) is 12.0. The summed E-state index contributed by atoms with van der Waals surface area (Å²) in [4.78, 5) is 5.08. The number of nitrogens with one attached hydrogen (secondary N) is 1. The van der Waals surface area contributed by atoms with Crippen molar-refractivity contribution in [3.8, 4) is 0 Å². The van der Waals surface area contributed by atoms with Crippen LogP contribution in [0.4, 0.5) is 4.39 Å². The monoisotopic (exact) mass is 383 g/mol. The van der Waals surface area contributed by atoms with E-state index in [1.165, 1.54) is 16.7 Å². The van der Waals surface area contributed by atoms with Crippen molar-refractivity contribution in [2.75, 3.05) is 45.9 Å². The Bertz CT molecular complexity index is 645. The third-order valence-corrected chi connectivity index (χ3v) is 5.77. The zero-order valence-electron chi connectivity index (χ0n) is 17.3. The highest BCUT2D eigenvalue weighted by atomic mass is 19.1. The second kappa shape index (κ2) is 10.7. The third kappa shape index (κ3) is 6.13. The van der Waals surface area contributed by atoms with Crippen molar-refractivity contribution in [3.63, 3.8) is 0 Å². The van der Waals surface area contributed by atoms with Crippen molar-refractivity contribution in [1.82, 2.24) is 15.1 Å². The maximum Gasteiger partial charge on any atom is 0.123 e. The second-order valence-electron chi connectivity index (χ2n) is 7.88. The minimum Gasteiger partial charge on any atom is -0.305 e. The van der Waals surface area contributed by atoms with E-state index in [2.05, 4.69) is 53.2 Å². The molecule has 0 aliphatic carbocycles. The number of piperazine rings is 1. The molecule has 1 aliphatic heterocycles. The fourth-order valence-corrected chi connectivity index (χ4v) is 3.98. The Labute approximate surface area is 169 Å². The van der Waals surface area contributed by atoms with Crippen molar-refractivity contribution in [2.24, 2.45) is 0 Å². The Hall–Kier alpha value is -1.75. The molecule has 2 aromatic rings. The first-order valence-corrected chi connectivity index (χ1v) is 10.6. The molecule has 0 aromatic heterocycles. The summed E-state index contributed by atoms with van der Waals surface area (Å²) in [5.74, 6) is 0.165. The fraction of sp³-hybridized carbons (Fsp3) is 0.500. The first kappa shape index (κ1) is 21.0. The lowest BCUT2D eigenvalue weighted by Crippen LogP contribution is -2.49. The number of aryl methyl sites for hydroxylation is 1. The molecule has 1 aliphatic rings. The molecule has 4 heteroatoms. The fourth-order valence-electron chi connectivity index (χ4n) is 3.98. The minimum absolute atomic E-state index is 0.165. The highest BCUT2D eigenvalue weighted by molar-refractivity contribution is 5.34. The van der Waals surface area contributed by atoms with E-state index in [4.69, 9.17) is 0 Å². The van der Waals surface area contributed by atoms with Gasteiger partial charge in [0, 0.05) is 38.8 Å². The van der Waals surface area contributed by atoms with Crippen LogP contribution in [0.2, 0.25) is 0 Å². The summed E-state index contributed by atoms with van der Waals surface area (Å²) in [5, 5.41) is 3.42. The lowest BCUT2D eigenvalue weighted by molar-refractivity contribution is 0.124. The number of hydrogen-bond acceptors (Lipinski definition) is 3. The van der Waals surface area contributed by atoms with Gasteiger partial charge in [-0.25, -0.2) is 4.39 Å². The zero-order chi connectivity index (χ0) is 19.8. The van der Waals surface area contributed by atoms with Crippen LogP contribution in [0, 0.1) is 12.7 Å². The van der Waals surface area contributed by atoms with Gasteiger partial charge < -0.3 is 10.2 Å². The molecule has 0 saturated carbocycles. The smallest absolute Gasteiger partial charge is 0.123 e. The lowest BCUT2D eigenvalue weighted by atomic mass is 9.87. The van der Waals surface area contributed by atoms with Gasteiger partial charge in [0.15, 0.2) is 0 Å². The van der Waals surface area contributed by atoms with Crippen LogP contribution in [0.25, 0.3) is 0 Å². The van der Waals surface area contributed by atoms with E-state index in [0.29, 0.717) is 5.92 Å². The summed E-state index contributed by atoms with van der Waals surface area (Å²) >= 11 is 0. The first-order valence-electron chi connectivity index (χ1n) is 10.6. The van der Waals surface area contributed by atoms with Gasteiger partial charge in [0.05, 0.1) is 0 Å². The van der Waals surface area contributed by atoms with E-state index >= 15 is 0 Å². The van der Waals surface area contributed by atoms with Crippen molar-refractivity contribution in [1.29, 1.82) is 0 Å². The molecule has 1 saturated heterocycles. The third-order valence-electron chi connectivity index (χ3n) is 5.77. The molecular weight excluding hydrogens is 349 g/mol. The molecule has 3 rings (SSSR count). The predicted molar refractivity (Wildman–Crippen MR) is 115 cm³/mol. The molecule has 2 aromatic carbocycles.